The summed E-state index contributed by atoms with van der Waals surface area (Å²) in [7, 11) is 0. The van der Waals surface area contributed by atoms with E-state index in [1.165, 1.54) is 4.90 Å². The monoisotopic (exact) mass is 300 g/mol. The number of hydrogen-bond acceptors (Lipinski definition) is 4. The summed E-state index contributed by atoms with van der Waals surface area (Å²) >= 11 is 0. The van der Waals surface area contributed by atoms with Crippen molar-refractivity contribution in [3.05, 3.63) is 24.3 Å². The van der Waals surface area contributed by atoms with Gasteiger partial charge in [0.15, 0.2) is 5.58 Å². The highest BCUT2D eigenvalue weighted by Crippen LogP contribution is 2.39. The minimum atomic E-state index is -4.57. The van der Waals surface area contributed by atoms with Crippen molar-refractivity contribution in [2.75, 3.05) is 18.0 Å². The van der Waals surface area contributed by atoms with E-state index in [-0.39, 0.29) is 12.6 Å². The zero-order chi connectivity index (χ0) is 15.2. The zero-order valence-corrected chi connectivity index (χ0v) is 10.7. The first-order chi connectivity index (χ1) is 9.86. The number of oxazole rings is 1. The molecule has 8 heteroatoms. The molecule has 0 radical (unpaired) electrons. The molecule has 1 aromatic carbocycles. The number of anilines is 1. The van der Waals surface area contributed by atoms with Gasteiger partial charge in [0.1, 0.15) is 5.52 Å². The molecule has 0 saturated carbocycles. The van der Waals surface area contributed by atoms with Gasteiger partial charge in [0.25, 0.3) is 6.01 Å². The lowest BCUT2D eigenvalue weighted by atomic mass is 9.96. The second kappa shape index (κ2) is 4.64. The summed E-state index contributed by atoms with van der Waals surface area (Å²) < 4.78 is 44.2. The van der Waals surface area contributed by atoms with Crippen LogP contribution in [0.15, 0.2) is 28.7 Å². The summed E-state index contributed by atoms with van der Waals surface area (Å²) in [6.07, 6.45) is -4.57. The molecule has 2 aromatic rings. The molecule has 0 aliphatic carbocycles. The standard InChI is InChI=1S/C13H11F3N2O3/c14-13(15,16)8-6-18(5-7(8)11(19)20)12-17-9-3-1-2-4-10(9)21-12/h1-4,7-8H,5-6H2,(H,19,20)/t7-,8-/m1/s1. The van der Waals surface area contributed by atoms with E-state index >= 15 is 0 Å². The van der Waals surface area contributed by atoms with Crippen molar-refractivity contribution in [2.24, 2.45) is 11.8 Å². The lowest BCUT2D eigenvalue weighted by Gasteiger charge is -2.17. The van der Waals surface area contributed by atoms with Crippen LogP contribution in [0.4, 0.5) is 19.2 Å². The Hall–Kier alpha value is -2.25. The lowest BCUT2D eigenvalue weighted by Crippen LogP contribution is -2.33. The van der Waals surface area contributed by atoms with Crippen LogP contribution in [0.5, 0.6) is 0 Å². The molecule has 2 atom stereocenters. The van der Waals surface area contributed by atoms with Crippen molar-refractivity contribution in [1.82, 2.24) is 4.98 Å². The summed E-state index contributed by atoms with van der Waals surface area (Å²) in [4.78, 5) is 16.4. The Bertz CT molecular complexity index is 650. The van der Waals surface area contributed by atoms with Crippen LogP contribution in [0, 0.1) is 11.8 Å². The van der Waals surface area contributed by atoms with E-state index in [1.54, 1.807) is 24.3 Å². The number of alkyl halides is 3. The summed E-state index contributed by atoms with van der Waals surface area (Å²) in [6, 6.07) is 6.80. The van der Waals surface area contributed by atoms with Gasteiger partial charge in [0, 0.05) is 13.1 Å². The third-order valence-electron chi connectivity index (χ3n) is 3.61. The minimum Gasteiger partial charge on any atom is -0.481 e. The highest BCUT2D eigenvalue weighted by molar-refractivity contribution is 5.75. The average Bonchev–Trinajstić information content (AvgIpc) is 3.02. The number of hydrogen-bond donors (Lipinski definition) is 1. The van der Waals surface area contributed by atoms with Gasteiger partial charge in [-0.3, -0.25) is 4.79 Å². The number of carboxylic acid groups (broad SMARTS) is 1. The molecule has 0 unspecified atom stereocenters. The van der Waals surface area contributed by atoms with Crippen LogP contribution in [0.1, 0.15) is 0 Å². The number of carboxylic acids is 1. The maximum absolute atomic E-state index is 12.9. The summed E-state index contributed by atoms with van der Waals surface area (Å²) in [5.74, 6) is -4.90. The molecule has 1 saturated heterocycles. The van der Waals surface area contributed by atoms with Gasteiger partial charge >= 0.3 is 12.1 Å². The smallest absolute Gasteiger partial charge is 0.394 e. The van der Waals surface area contributed by atoms with Gasteiger partial charge in [0.05, 0.1) is 11.8 Å². The number of halogens is 3. The van der Waals surface area contributed by atoms with Crippen molar-refractivity contribution < 1.29 is 27.5 Å². The largest absolute Gasteiger partial charge is 0.481 e. The van der Waals surface area contributed by atoms with Gasteiger partial charge < -0.3 is 14.4 Å². The van der Waals surface area contributed by atoms with E-state index in [2.05, 4.69) is 4.98 Å². The number of nitrogens with zero attached hydrogens (tertiary/aromatic N) is 2. The van der Waals surface area contributed by atoms with E-state index in [0.29, 0.717) is 11.1 Å². The predicted molar refractivity (Wildman–Crippen MR) is 66.9 cm³/mol. The number of benzene rings is 1. The molecule has 0 spiro atoms. The Morgan fingerprint density at radius 1 is 1.33 bits per heavy atom. The lowest BCUT2D eigenvalue weighted by molar-refractivity contribution is -0.187. The number of rotatable bonds is 2. The first-order valence-corrected chi connectivity index (χ1v) is 6.26. The third-order valence-corrected chi connectivity index (χ3v) is 3.61. The Kier molecular flexibility index (Phi) is 3.03. The fourth-order valence-corrected chi connectivity index (χ4v) is 2.54. The molecule has 5 nitrogen and oxygen atoms in total. The quantitative estimate of drug-likeness (QED) is 0.923. The van der Waals surface area contributed by atoms with Crippen molar-refractivity contribution in [3.63, 3.8) is 0 Å². The van der Waals surface area contributed by atoms with Crippen molar-refractivity contribution in [1.29, 1.82) is 0 Å². The van der Waals surface area contributed by atoms with Gasteiger partial charge in [-0.15, -0.1) is 0 Å². The van der Waals surface area contributed by atoms with Gasteiger partial charge in [-0.1, -0.05) is 12.1 Å². The van der Waals surface area contributed by atoms with Crippen molar-refractivity contribution in [2.45, 2.75) is 6.18 Å². The molecule has 112 valence electrons. The van der Waals surface area contributed by atoms with Crippen molar-refractivity contribution >= 4 is 23.1 Å². The molecule has 1 N–H and O–H groups in total. The first kappa shape index (κ1) is 13.7. The molecule has 2 heterocycles. The second-order valence-electron chi connectivity index (χ2n) is 4.96. The Morgan fingerprint density at radius 3 is 2.62 bits per heavy atom. The van der Waals surface area contributed by atoms with Crippen LogP contribution < -0.4 is 4.90 Å². The van der Waals surface area contributed by atoms with Crippen molar-refractivity contribution in [3.8, 4) is 0 Å². The summed E-state index contributed by atoms with van der Waals surface area (Å²) in [6.45, 7) is -0.736. The number of fused-ring (bicyclic) bond motifs is 1. The van der Waals surface area contributed by atoms with E-state index in [0.717, 1.165) is 0 Å². The summed E-state index contributed by atoms with van der Waals surface area (Å²) in [5, 5.41) is 8.97. The fourth-order valence-electron chi connectivity index (χ4n) is 2.54. The van der Waals surface area contributed by atoms with Crippen LogP contribution in [-0.4, -0.2) is 35.3 Å². The molecule has 0 bridgehead atoms. The summed E-state index contributed by atoms with van der Waals surface area (Å²) in [5.41, 5.74) is 0.977. The molecule has 1 aliphatic heterocycles. The number of aliphatic carboxylic acids is 1. The van der Waals surface area contributed by atoms with E-state index in [1.807, 2.05) is 0 Å². The molecule has 1 aromatic heterocycles. The SMILES string of the molecule is O=C(O)[C@@H]1CN(c2nc3ccccc3o2)C[C@H]1C(F)(F)F. The Labute approximate surface area is 117 Å². The zero-order valence-electron chi connectivity index (χ0n) is 10.7. The molecule has 1 fully saturated rings. The highest BCUT2D eigenvalue weighted by Gasteiger charge is 2.53. The van der Waals surface area contributed by atoms with Crippen LogP contribution in [0.2, 0.25) is 0 Å². The number of aromatic nitrogens is 1. The molecule has 0 amide bonds. The van der Waals surface area contributed by atoms with E-state index < -0.39 is 30.5 Å². The van der Waals surface area contributed by atoms with Gasteiger partial charge in [-0.2, -0.15) is 18.2 Å². The number of para-hydroxylation sites is 2. The topological polar surface area (TPSA) is 66.6 Å². The molecular formula is C13H11F3N2O3. The molecule has 1 aliphatic rings. The third kappa shape index (κ3) is 2.41. The van der Waals surface area contributed by atoms with Gasteiger partial charge in [-0.25, -0.2) is 0 Å². The molecule has 21 heavy (non-hydrogen) atoms. The molecular weight excluding hydrogens is 289 g/mol. The minimum absolute atomic E-state index is 0.0224. The average molecular weight is 300 g/mol. The maximum atomic E-state index is 12.9. The van der Waals surface area contributed by atoms with Gasteiger partial charge in [0.2, 0.25) is 0 Å². The first-order valence-electron chi connectivity index (χ1n) is 6.26. The van der Waals surface area contributed by atoms with Crippen LogP contribution in [-0.2, 0) is 4.79 Å². The highest BCUT2D eigenvalue weighted by atomic mass is 19.4. The predicted octanol–water partition coefficient (Wildman–Crippen LogP) is 2.53. The normalized spacial score (nSPS) is 22.9. The van der Waals surface area contributed by atoms with E-state index in [4.69, 9.17) is 9.52 Å². The Morgan fingerprint density at radius 2 is 2.05 bits per heavy atom. The van der Waals surface area contributed by atoms with Crippen LogP contribution in [0.3, 0.4) is 0 Å². The molecule has 3 rings (SSSR count). The van der Waals surface area contributed by atoms with E-state index in [9.17, 15) is 18.0 Å². The van der Waals surface area contributed by atoms with Crippen LogP contribution in [0.25, 0.3) is 11.1 Å². The van der Waals surface area contributed by atoms with Gasteiger partial charge in [-0.05, 0) is 12.1 Å². The number of carbonyl (C=O) groups is 1. The maximum Gasteiger partial charge on any atom is 0.394 e. The van der Waals surface area contributed by atoms with Crippen LogP contribution >= 0.6 is 0 Å². The fraction of sp³-hybridized carbons (Fsp3) is 0.385. The Balaban J connectivity index is 1.91. The second-order valence-corrected chi connectivity index (χ2v) is 4.96.